The third kappa shape index (κ3) is 3.88. The number of aromatic nitrogens is 5. The van der Waals surface area contributed by atoms with Gasteiger partial charge in [-0.05, 0) is 48.7 Å². The van der Waals surface area contributed by atoms with Crippen molar-refractivity contribution in [3.63, 3.8) is 0 Å². The van der Waals surface area contributed by atoms with Gasteiger partial charge in [0.05, 0.1) is 42.8 Å². The monoisotopic (exact) mass is 470 g/mol. The van der Waals surface area contributed by atoms with E-state index in [9.17, 15) is 5.11 Å². The lowest BCUT2D eigenvalue weighted by molar-refractivity contribution is 0.0132. The number of rotatable bonds is 4. The van der Waals surface area contributed by atoms with Gasteiger partial charge >= 0.3 is 0 Å². The predicted octanol–water partition coefficient (Wildman–Crippen LogP) is 2.34. The molecular weight excluding hydrogens is 444 g/mol. The average molecular weight is 471 g/mol. The molecule has 1 aromatic carbocycles. The Bertz CT molecular complexity index is 1360. The number of aliphatic hydroxyl groups is 1. The quantitative estimate of drug-likeness (QED) is 0.467. The normalized spacial score (nSPS) is 18.1. The van der Waals surface area contributed by atoms with Gasteiger partial charge in [0.25, 0.3) is 0 Å². The number of hydrogen-bond acceptors (Lipinski definition) is 8. The lowest BCUT2D eigenvalue weighted by Gasteiger charge is -2.40. The maximum absolute atomic E-state index is 12.0. The lowest BCUT2D eigenvalue weighted by Crippen LogP contribution is -2.43. The molecule has 5 heterocycles. The summed E-state index contributed by atoms with van der Waals surface area (Å²) in [7, 11) is 0. The Hall–Kier alpha value is -3.94. The highest BCUT2D eigenvalue weighted by Crippen LogP contribution is 2.39. The smallest absolute Gasteiger partial charge is 0.167 e. The first-order valence-electron chi connectivity index (χ1n) is 11.8. The molecule has 0 radical (unpaired) electrons. The number of anilines is 2. The molecule has 4 aromatic rings. The van der Waals surface area contributed by atoms with E-state index in [0.29, 0.717) is 50.4 Å². The van der Waals surface area contributed by atoms with Gasteiger partial charge < -0.3 is 19.6 Å². The Morgan fingerprint density at radius 2 is 1.80 bits per heavy atom. The molecule has 0 amide bonds. The highest BCUT2D eigenvalue weighted by atomic mass is 16.5. The maximum Gasteiger partial charge on any atom is 0.167 e. The molecule has 2 aliphatic heterocycles. The van der Waals surface area contributed by atoms with Gasteiger partial charge in [-0.1, -0.05) is 0 Å². The standard InChI is InChI=1S/C25H26N8O2/c26-16-18-1-3-19(4-2-18)31-9-6-25(34,7-10-31)21-15-23(32-11-13-35-14-12-32)29-24-20(21)17-28-33(24)22-5-8-27-30-22/h1-5,8,15,17,34H,6-7,9-14H2,(H,27,30). The Balaban J connectivity index is 1.37. The molecule has 2 aliphatic rings. The average Bonchev–Trinajstić information content (AvgIpc) is 3.59. The number of nitrogens with one attached hydrogen (secondary N) is 1. The van der Waals surface area contributed by atoms with E-state index in [4.69, 9.17) is 15.0 Å². The van der Waals surface area contributed by atoms with Crippen molar-refractivity contribution < 1.29 is 9.84 Å². The van der Waals surface area contributed by atoms with Gasteiger partial charge in [-0.3, -0.25) is 5.10 Å². The number of aromatic amines is 1. The first kappa shape index (κ1) is 21.6. The van der Waals surface area contributed by atoms with Crippen molar-refractivity contribution in [2.24, 2.45) is 0 Å². The highest BCUT2D eigenvalue weighted by molar-refractivity contribution is 5.83. The van der Waals surface area contributed by atoms with Crippen molar-refractivity contribution in [3.05, 3.63) is 59.9 Å². The summed E-state index contributed by atoms with van der Waals surface area (Å²) < 4.78 is 7.28. The third-order valence-corrected chi connectivity index (χ3v) is 7.03. The van der Waals surface area contributed by atoms with Crippen LogP contribution < -0.4 is 9.80 Å². The van der Waals surface area contributed by atoms with Crippen LogP contribution >= 0.6 is 0 Å². The maximum atomic E-state index is 12.0. The molecule has 2 saturated heterocycles. The van der Waals surface area contributed by atoms with Crippen molar-refractivity contribution >= 4 is 22.5 Å². The SMILES string of the molecule is N#Cc1ccc(N2CCC(O)(c3cc(N4CCOCC4)nc4c3cnn4-c3ccn[nH]3)CC2)cc1. The van der Waals surface area contributed by atoms with Crippen LogP contribution in [0.1, 0.15) is 24.0 Å². The molecule has 35 heavy (non-hydrogen) atoms. The van der Waals surface area contributed by atoms with Gasteiger partial charge in [0, 0.05) is 43.3 Å². The van der Waals surface area contributed by atoms with Gasteiger partial charge in [0.2, 0.25) is 0 Å². The molecule has 0 atom stereocenters. The number of hydrogen-bond donors (Lipinski definition) is 2. The summed E-state index contributed by atoms with van der Waals surface area (Å²) in [5, 5.41) is 33.5. The van der Waals surface area contributed by atoms with Crippen molar-refractivity contribution in [3.8, 4) is 11.9 Å². The zero-order valence-electron chi connectivity index (χ0n) is 19.3. The molecule has 0 bridgehead atoms. The zero-order valence-corrected chi connectivity index (χ0v) is 19.3. The van der Waals surface area contributed by atoms with Crippen molar-refractivity contribution in [1.82, 2.24) is 25.0 Å². The van der Waals surface area contributed by atoms with E-state index in [1.54, 1.807) is 17.1 Å². The number of piperidine rings is 1. The van der Waals surface area contributed by atoms with Crippen LogP contribution in [0, 0.1) is 11.3 Å². The summed E-state index contributed by atoms with van der Waals surface area (Å²) in [6.07, 6.45) is 4.61. The van der Waals surface area contributed by atoms with E-state index in [2.05, 4.69) is 31.2 Å². The largest absolute Gasteiger partial charge is 0.385 e. The summed E-state index contributed by atoms with van der Waals surface area (Å²) >= 11 is 0. The van der Waals surface area contributed by atoms with E-state index >= 15 is 0 Å². The number of nitriles is 1. The van der Waals surface area contributed by atoms with Crippen LogP contribution in [0.15, 0.2) is 48.8 Å². The van der Waals surface area contributed by atoms with Crippen molar-refractivity contribution in [2.75, 3.05) is 49.2 Å². The topological polar surface area (TPSA) is 119 Å². The second-order valence-electron chi connectivity index (χ2n) is 9.04. The van der Waals surface area contributed by atoms with Crippen LogP contribution in [0.3, 0.4) is 0 Å². The van der Waals surface area contributed by atoms with Gasteiger partial charge in [0.15, 0.2) is 11.5 Å². The van der Waals surface area contributed by atoms with E-state index < -0.39 is 5.60 Å². The van der Waals surface area contributed by atoms with Crippen LogP contribution in [-0.2, 0) is 10.3 Å². The molecule has 3 aromatic heterocycles. The molecule has 2 fully saturated rings. The van der Waals surface area contributed by atoms with E-state index in [0.717, 1.165) is 41.4 Å². The number of morpholine rings is 1. The minimum atomic E-state index is -1.01. The van der Waals surface area contributed by atoms with Gasteiger partial charge in [-0.25, -0.2) is 4.98 Å². The van der Waals surface area contributed by atoms with E-state index in [1.165, 1.54) is 0 Å². The fourth-order valence-electron chi connectivity index (χ4n) is 5.02. The summed E-state index contributed by atoms with van der Waals surface area (Å²) in [6.45, 7) is 4.21. The second kappa shape index (κ2) is 8.69. The number of pyridine rings is 1. The van der Waals surface area contributed by atoms with Crippen LogP contribution in [-0.4, -0.2) is 69.5 Å². The summed E-state index contributed by atoms with van der Waals surface area (Å²) in [5.74, 6) is 1.54. The molecule has 0 aliphatic carbocycles. The number of ether oxygens (including phenoxy) is 1. The Labute approximate surface area is 202 Å². The van der Waals surface area contributed by atoms with Crippen LogP contribution in [0.25, 0.3) is 16.9 Å². The molecule has 0 spiro atoms. The van der Waals surface area contributed by atoms with Crippen molar-refractivity contribution in [1.29, 1.82) is 5.26 Å². The van der Waals surface area contributed by atoms with Crippen LogP contribution in [0.2, 0.25) is 0 Å². The first-order chi connectivity index (χ1) is 17.1. The molecule has 2 N–H and O–H groups in total. The van der Waals surface area contributed by atoms with E-state index in [1.807, 2.05) is 36.4 Å². The lowest BCUT2D eigenvalue weighted by atomic mass is 9.83. The van der Waals surface area contributed by atoms with E-state index in [-0.39, 0.29) is 0 Å². The van der Waals surface area contributed by atoms with Gasteiger partial charge in [0.1, 0.15) is 5.82 Å². The summed E-state index contributed by atoms with van der Waals surface area (Å²) in [6, 6.07) is 13.7. The molecule has 10 nitrogen and oxygen atoms in total. The molecule has 178 valence electrons. The minimum absolute atomic E-state index is 0.573. The molecule has 10 heteroatoms. The number of H-pyrrole nitrogens is 1. The van der Waals surface area contributed by atoms with Crippen LogP contribution in [0.4, 0.5) is 11.5 Å². The number of benzene rings is 1. The number of fused-ring (bicyclic) bond motifs is 1. The van der Waals surface area contributed by atoms with Crippen LogP contribution in [0.5, 0.6) is 0 Å². The summed E-state index contributed by atoms with van der Waals surface area (Å²) in [5.41, 5.74) is 2.25. The Morgan fingerprint density at radius 1 is 1.03 bits per heavy atom. The fourth-order valence-corrected chi connectivity index (χ4v) is 5.02. The predicted molar refractivity (Wildman–Crippen MR) is 131 cm³/mol. The Morgan fingerprint density at radius 3 is 2.49 bits per heavy atom. The number of nitrogens with zero attached hydrogens (tertiary/aromatic N) is 7. The Kier molecular flexibility index (Phi) is 5.36. The molecule has 0 saturated carbocycles. The highest BCUT2D eigenvalue weighted by Gasteiger charge is 2.37. The van der Waals surface area contributed by atoms with Crippen molar-refractivity contribution in [2.45, 2.75) is 18.4 Å². The fraction of sp³-hybridized carbons (Fsp3) is 0.360. The second-order valence-corrected chi connectivity index (χ2v) is 9.04. The zero-order chi connectivity index (χ0) is 23.8. The molecule has 0 unspecified atom stereocenters. The van der Waals surface area contributed by atoms with Gasteiger partial charge in [-0.15, -0.1) is 0 Å². The molecular formula is C25H26N8O2. The minimum Gasteiger partial charge on any atom is -0.385 e. The van der Waals surface area contributed by atoms with Gasteiger partial charge in [-0.2, -0.15) is 20.1 Å². The third-order valence-electron chi connectivity index (χ3n) is 7.03. The molecule has 6 rings (SSSR count). The summed E-state index contributed by atoms with van der Waals surface area (Å²) in [4.78, 5) is 9.41. The first-order valence-corrected chi connectivity index (χ1v) is 11.8.